The van der Waals surface area contributed by atoms with Crippen molar-refractivity contribution >= 4 is 11.9 Å². The average molecular weight is 311 g/mol. The van der Waals surface area contributed by atoms with Crippen molar-refractivity contribution in [2.75, 3.05) is 26.4 Å². The first-order valence-corrected chi connectivity index (χ1v) is 7.09. The number of nitrogens with one attached hydrogen (secondary N) is 1. The first kappa shape index (κ1) is 17.6. The van der Waals surface area contributed by atoms with Crippen LogP contribution in [0.3, 0.4) is 0 Å². The highest BCUT2D eigenvalue weighted by atomic mass is 16.5. The van der Waals surface area contributed by atoms with Crippen LogP contribution in [0, 0.1) is 0 Å². The van der Waals surface area contributed by atoms with Crippen LogP contribution in [-0.2, 0) is 4.79 Å². The van der Waals surface area contributed by atoms with Gasteiger partial charge >= 0.3 is 5.97 Å². The van der Waals surface area contributed by atoms with Gasteiger partial charge in [0.1, 0.15) is 6.54 Å². The van der Waals surface area contributed by atoms with Crippen LogP contribution in [0.1, 0.15) is 31.1 Å². The van der Waals surface area contributed by atoms with Crippen LogP contribution >= 0.6 is 0 Å². The lowest BCUT2D eigenvalue weighted by Crippen LogP contribution is -2.29. The van der Waals surface area contributed by atoms with Crippen LogP contribution in [0.2, 0.25) is 0 Å². The summed E-state index contributed by atoms with van der Waals surface area (Å²) in [6.45, 7) is 6.21. The second kappa shape index (κ2) is 8.76. The predicted molar refractivity (Wildman–Crippen MR) is 79.9 cm³/mol. The summed E-state index contributed by atoms with van der Waals surface area (Å²) in [5, 5.41) is 10.9. The zero-order valence-electron chi connectivity index (χ0n) is 13.0. The lowest BCUT2D eigenvalue weighted by Gasteiger charge is -2.16. The molecule has 0 aliphatic carbocycles. The Morgan fingerprint density at radius 1 is 1.00 bits per heavy atom. The largest absolute Gasteiger partial charge is 0.490 e. The van der Waals surface area contributed by atoms with Crippen molar-refractivity contribution < 1.29 is 28.9 Å². The number of rotatable bonds is 9. The summed E-state index contributed by atoms with van der Waals surface area (Å²) < 4.78 is 16.5. The summed E-state index contributed by atoms with van der Waals surface area (Å²) in [5.74, 6) is -0.436. The molecule has 1 aromatic rings. The predicted octanol–water partition coefficient (Wildman–Crippen LogP) is 1.70. The van der Waals surface area contributed by atoms with Crippen molar-refractivity contribution in [2.45, 2.75) is 20.8 Å². The van der Waals surface area contributed by atoms with Crippen LogP contribution in [0.25, 0.3) is 0 Å². The van der Waals surface area contributed by atoms with Gasteiger partial charge in [-0.25, -0.2) is 0 Å². The van der Waals surface area contributed by atoms with Crippen LogP contribution in [0.4, 0.5) is 0 Å². The first-order chi connectivity index (χ1) is 10.5. The summed E-state index contributed by atoms with van der Waals surface area (Å²) in [6.07, 6.45) is 0. The molecule has 7 nitrogen and oxygen atoms in total. The Labute approximate surface area is 129 Å². The topological polar surface area (TPSA) is 94.1 Å². The fourth-order valence-corrected chi connectivity index (χ4v) is 1.78. The van der Waals surface area contributed by atoms with E-state index in [1.807, 2.05) is 20.8 Å². The number of carbonyl (C=O) groups excluding carboxylic acids is 1. The number of ether oxygens (including phenoxy) is 3. The minimum Gasteiger partial charge on any atom is -0.490 e. The number of carboxylic acid groups (broad SMARTS) is 1. The molecule has 0 bridgehead atoms. The Balaban J connectivity index is 3.17. The van der Waals surface area contributed by atoms with E-state index < -0.39 is 18.4 Å². The zero-order chi connectivity index (χ0) is 16.5. The van der Waals surface area contributed by atoms with Gasteiger partial charge in [0.15, 0.2) is 11.5 Å². The summed E-state index contributed by atoms with van der Waals surface area (Å²) >= 11 is 0. The highest BCUT2D eigenvalue weighted by molar-refractivity contribution is 5.97. The van der Waals surface area contributed by atoms with Crippen molar-refractivity contribution in [3.05, 3.63) is 17.7 Å². The van der Waals surface area contributed by atoms with E-state index in [9.17, 15) is 9.59 Å². The summed E-state index contributed by atoms with van der Waals surface area (Å²) in [4.78, 5) is 22.5. The zero-order valence-corrected chi connectivity index (χ0v) is 13.0. The summed E-state index contributed by atoms with van der Waals surface area (Å²) in [6, 6.07) is 3.02. The molecule has 0 aromatic heterocycles. The van der Waals surface area contributed by atoms with Gasteiger partial charge < -0.3 is 24.6 Å². The molecule has 0 spiro atoms. The minimum atomic E-state index is -1.12. The molecule has 2 N–H and O–H groups in total. The van der Waals surface area contributed by atoms with E-state index in [0.717, 1.165) is 0 Å². The number of hydrogen-bond donors (Lipinski definition) is 2. The maximum Gasteiger partial charge on any atom is 0.322 e. The average Bonchev–Trinajstić information content (AvgIpc) is 2.48. The van der Waals surface area contributed by atoms with Gasteiger partial charge in [-0.05, 0) is 32.9 Å². The molecule has 1 aromatic carbocycles. The Hall–Kier alpha value is -2.44. The fourth-order valence-electron chi connectivity index (χ4n) is 1.78. The SMILES string of the molecule is CCOc1cc(C(=O)NCC(=O)O)cc(OCC)c1OCC. The van der Waals surface area contributed by atoms with E-state index in [4.69, 9.17) is 19.3 Å². The number of hydrogen-bond acceptors (Lipinski definition) is 5. The smallest absolute Gasteiger partial charge is 0.322 e. The first-order valence-electron chi connectivity index (χ1n) is 7.09. The lowest BCUT2D eigenvalue weighted by molar-refractivity contribution is -0.135. The summed E-state index contributed by atoms with van der Waals surface area (Å²) in [7, 11) is 0. The molecule has 0 saturated carbocycles. The quantitative estimate of drug-likeness (QED) is 0.721. The van der Waals surface area contributed by atoms with E-state index in [0.29, 0.717) is 37.1 Å². The van der Waals surface area contributed by atoms with Gasteiger partial charge in [0, 0.05) is 5.56 Å². The molecule has 0 fully saturated rings. The van der Waals surface area contributed by atoms with Gasteiger partial charge in [-0.1, -0.05) is 0 Å². The molecule has 0 atom stereocenters. The Morgan fingerprint density at radius 2 is 1.50 bits per heavy atom. The van der Waals surface area contributed by atoms with Gasteiger partial charge in [0.05, 0.1) is 19.8 Å². The molecule has 0 unspecified atom stereocenters. The number of carboxylic acids is 1. The van der Waals surface area contributed by atoms with Gasteiger partial charge in [-0.15, -0.1) is 0 Å². The number of amides is 1. The maximum absolute atomic E-state index is 12.0. The Kier molecular flexibility index (Phi) is 7.01. The third-order valence-electron chi connectivity index (χ3n) is 2.57. The minimum absolute atomic E-state index is 0.247. The van der Waals surface area contributed by atoms with Crippen molar-refractivity contribution in [3.8, 4) is 17.2 Å². The third kappa shape index (κ3) is 4.83. The second-order valence-electron chi connectivity index (χ2n) is 4.18. The van der Waals surface area contributed by atoms with Gasteiger partial charge in [-0.2, -0.15) is 0 Å². The monoisotopic (exact) mass is 311 g/mol. The molecular formula is C15H21NO6. The Morgan fingerprint density at radius 3 is 1.91 bits per heavy atom. The number of benzene rings is 1. The van der Waals surface area contributed by atoms with Crippen molar-refractivity contribution in [2.24, 2.45) is 0 Å². The molecular weight excluding hydrogens is 290 g/mol. The van der Waals surface area contributed by atoms with Crippen molar-refractivity contribution in [1.29, 1.82) is 0 Å². The van der Waals surface area contributed by atoms with Gasteiger partial charge in [0.25, 0.3) is 5.91 Å². The number of aliphatic carboxylic acids is 1. The highest BCUT2D eigenvalue weighted by Gasteiger charge is 2.18. The molecule has 0 saturated heterocycles. The van der Waals surface area contributed by atoms with Crippen LogP contribution in [-0.4, -0.2) is 43.3 Å². The van der Waals surface area contributed by atoms with Crippen molar-refractivity contribution in [1.82, 2.24) is 5.32 Å². The molecule has 0 heterocycles. The molecule has 1 amide bonds. The second-order valence-corrected chi connectivity index (χ2v) is 4.18. The molecule has 22 heavy (non-hydrogen) atoms. The van der Waals surface area contributed by atoms with Crippen LogP contribution in [0.5, 0.6) is 17.2 Å². The number of carbonyl (C=O) groups is 2. The molecule has 1 rings (SSSR count). The maximum atomic E-state index is 12.0. The summed E-state index contributed by atoms with van der Waals surface area (Å²) in [5.41, 5.74) is 0.247. The fraction of sp³-hybridized carbons (Fsp3) is 0.467. The normalized spacial score (nSPS) is 9.95. The van der Waals surface area contributed by atoms with E-state index in [1.54, 1.807) is 0 Å². The van der Waals surface area contributed by atoms with E-state index >= 15 is 0 Å². The van der Waals surface area contributed by atoms with Crippen LogP contribution in [0.15, 0.2) is 12.1 Å². The Bertz CT molecular complexity index is 502. The third-order valence-corrected chi connectivity index (χ3v) is 2.57. The molecule has 7 heteroatoms. The van der Waals surface area contributed by atoms with E-state index in [1.165, 1.54) is 12.1 Å². The van der Waals surface area contributed by atoms with Gasteiger partial charge in [0.2, 0.25) is 5.75 Å². The standard InChI is InChI=1S/C15H21NO6/c1-4-20-11-7-10(15(19)16-9-13(17)18)8-12(21-5-2)14(11)22-6-3/h7-8H,4-6,9H2,1-3H3,(H,16,19)(H,17,18). The molecule has 122 valence electrons. The molecule has 0 radical (unpaired) electrons. The van der Waals surface area contributed by atoms with Crippen LogP contribution < -0.4 is 19.5 Å². The van der Waals surface area contributed by atoms with Crippen molar-refractivity contribution in [3.63, 3.8) is 0 Å². The highest BCUT2D eigenvalue weighted by Crippen LogP contribution is 2.39. The van der Waals surface area contributed by atoms with E-state index in [2.05, 4.69) is 5.32 Å². The molecule has 0 aliphatic rings. The molecule has 0 aliphatic heterocycles. The van der Waals surface area contributed by atoms with Gasteiger partial charge in [-0.3, -0.25) is 9.59 Å². The lowest BCUT2D eigenvalue weighted by atomic mass is 10.1. The van der Waals surface area contributed by atoms with E-state index in [-0.39, 0.29) is 5.56 Å².